The molecular weight excluding hydrogens is 234 g/mol. The van der Waals surface area contributed by atoms with E-state index in [-0.39, 0.29) is 0 Å². The van der Waals surface area contributed by atoms with Crippen molar-refractivity contribution >= 4 is 11.6 Å². The number of nitrogens with one attached hydrogen (secondary N) is 1. The highest BCUT2D eigenvalue weighted by molar-refractivity contribution is 6.17. The number of nitrogens with zero attached hydrogens (tertiary/aromatic N) is 2. The molecule has 98 valence electrons. The zero-order valence-corrected chi connectivity index (χ0v) is 11.7. The van der Waals surface area contributed by atoms with Crippen molar-refractivity contribution in [1.82, 2.24) is 15.1 Å². The van der Waals surface area contributed by atoms with Crippen LogP contribution in [0, 0.1) is 0 Å². The molecule has 0 spiro atoms. The fourth-order valence-electron chi connectivity index (χ4n) is 1.67. The Morgan fingerprint density at radius 3 is 2.71 bits per heavy atom. The Labute approximate surface area is 110 Å². The average Bonchev–Trinajstić information content (AvgIpc) is 2.77. The lowest BCUT2D eigenvalue weighted by Crippen LogP contribution is -2.15. The molecule has 0 unspecified atom stereocenters. The Hall–Kier alpha value is -0.540. The van der Waals surface area contributed by atoms with Crippen LogP contribution in [0.15, 0.2) is 12.3 Å². The Balaban J connectivity index is 2.05. The van der Waals surface area contributed by atoms with Gasteiger partial charge in [-0.05, 0) is 39.3 Å². The van der Waals surface area contributed by atoms with Crippen LogP contribution in [0.1, 0.15) is 51.3 Å². The molecule has 1 N–H and O–H groups in total. The summed E-state index contributed by atoms with van der Waals surface area (Å²) in [7, 11) is 0. The van der Waals surface area contributed by atoms with Crippen LogP contribution in [0.25, 0.3) is 0 Å². The van der Waals surface area contributed by atoms with Crippen LogP contribution in [-0.2, 0) is 6.54 Å². The first-order chi connectivity index (χ1) is 8.24. The first-order valence-corrected chi connectivity index (χ1v) is 7.08. The van der Waals surface area contributed by atoms with E-state index in [0.717, 1.165) is 31.1 Å². The number of unbranched alkanes of at least 4 members (excludes halogenated alkanes) is 3. The lowest BCUT2D eigenvalue weighted by Gasteiger charge is -2.04. The molecule has 1 heterocycles. The molecule has 0 aliphatic heterocycles. The predicted molar refractivity (Wildman–Crippen MR) is 73.5 cm³/mol. The molecule has 0 bridgehead atoms. The van der Waals surface area contributed by atoms with Crippen molar-refractivity contribution in [2.24, 2.45) is 0 Å². The Morgan fingerprint density at radius 2 is 2.06 bits per heavy atom. The van der Waals surface area contributed by atoms with Gasteiger partial charge in [-0.3, -0.25) is 4.68 Å². The molecule has 0 fully saturated rings. The first-order valence-electron chi connectivity index (χ1n) is 6.54. The van der Waals surface area contributed by atoms with Gasteiger partial charge in [-0.25, -0.2) is 0 Å². The van der Waals surface area contributed by atoms with Crippen LogP contribution < -0.4 is 5.32 Å². The lowest BCUT2D eigenvalue weighted by atomic mass is 10.2. The van der Waals surface area contributed by atoms with Gasteiger partial charge < -0.3 is 5.32 Å². The zero-order valence-electron chi connectivity index (χ0n) is 11.0. The van der Waals surface area contributed by atoms with E-state index in [9.17, 15) is 0 Å². The highest BCUT2D eigenvalue weighted by Crippen LogP contribution is 2.04. The number of rotatable bonds is 9. The van der Waals surface area contributed by atoms with E-state index in [0.29, 0.717) is 6.04 Å². The second kappa shape index (κ2) is 8.54. The Morgan fingerprint density at radius 1 is 1.29 bits per heavy atom. The molecule has 0 radical (unpaired) electrons. The number of hydrogen-bond donors (Lipinski definition) is 1. The predicted octanol–water partition coefficient (Wildman–Crippen LogP) is 3.35. The van der Waals surface area contributed by atoms with Gasteiger partial charge in [-0.2, -0.15) is 5.10 Å². The summed E-state index contributed by atoms with van der Waals surface area (Å²) in [4.78, 5) is 0. The van der Waals surface area contributed by atoms with E-state index in [1.54, 1.807) is 0 Å². The van der Waals surface area contributed by atoms with Gasteiger partial charge in [0.2, 0.25) is 0 Å². The molecule has 4 heteroatoms. The summed E-state index contributed by atoms with van der Waals surface area (Å²) in [6.07, 6.45) is 6.91. The van der Waals surface area contributed by atoms with Gasteiger partial charge in [-0.15, -0.1) is 11.6 Å². The van der Waals surface area contributed by atoms with E-state index in [2.05, 4.69) is 30.3 Å². The molecule has 0 saturated heterocycles. The van der Waals surface area contributed by atoms with Crippen molar-refractivity contribution in [1.29, 1.82) is 0 Å². The van der Waals surface area contributed by atoms with Crippen LogP contribution >= 0.6 is 11.6 Å². The van der Waals surface area contributed by atoms with E-state index in [1.165, 1.54) is 19.3 Å². The molecule has 1 aromatic heterocycles. The molecular formula is C13H24ClN3. The van der Waals surface area contributed by atoms with Gasteiger partial charge in [0.1, 0.15) is 0 Å². The summed E-state index contributed by atoms with van der Waals surface area (Å²) in [6, 6.07) is 2.53. The molecule has 0 aliphatic rings. The third-order valence-corrected chi connectivity index (χ3v) is 3.00. The normalized spacial score (nSPS) is 11.3. The molecule has 3 nitrogen and oxygen atoms in total. The van der Waals surface area contributed by atoms with Gasteiger partial charge in [0.15, 0.2) is 0 Å². The number of alkyl halides is 1. The van der Waals surface area contributed by atoms with Crippen molar-refractivity contribution in [3.8, 4) is 0 Å². The summed E-state index contributed by atoms with van der Waals surface area (Å²) < 4.78 is 2.00. The monoisotopic (exact) mass is 257 g/mol. The van der Waals surface area contributed by atoms with Crippen molar-refractivity contribution in [3.05, 3.63) is 18.0 Å². The van der Waals surface area contributed by atoms with Crippen LogP contribution in [0.2, 0.25) is 0 Å². The smallest absolute Gasteiger partial charge is 0.0762 e. The third-order valence-electron chi connectivity index (χ3n) is 2.74. The molecule has 17 heavy (non-hydrogen) atoms. The van der Waals surface area contributed by atoms with E-state index >= 15 is 0 Å². The topological polar surface area (TPSA) is 29.9 Å². The van der Waals surface area contributed by atoms with Crippen LogP contribution in [-0.4, -0.2) is 22.2 Å². The van der Waals surface area contributed by atoms with E-state index < -0.39 is 0 Å². The minimum absolute atomic E-state index is 0.444. The van der Waals surface area contributed by atoms with Gasteiger partial charge in [-0.1, -0.05) is 12.8 Å². The highest BCUT2D eigenvalue weighted by Gasteiger charge is 2.00. The Kier molecular flexibility index (Phi) is 7.29. The molecule has 0 aromatic carbocycles. The highest BCUT2D eigenvalue weighted by atomic mass is 35.5. The van der Waals surface area contributed by atoms with Gasteiger partial charge in [0.05, 0.1) is 5.69 Å². The minimum atomic E-state index is 0.444. The summed E-state index contributed by atoms with van der Waals surface area (Å²) in [5, 5.41) is 7.92. The van der Waals surface area contributed by atoms with Crippen molar-refractivity contribution in [2.45, 2.75) is 52.1 Å². The molecule has 0 atom stereocenters. The maximum absolute atomic E-state index is 5.62. The van der Waals surface area contributed by atoms with Crippen molar-refractivity contribution in [3.63, 3.8) is 0 Å². The van der Waals surface area contributed by atoms with E-state index in [1.807, 2.05) is 10.9 Å². The third kappa shape index (κ3) is 6.08. The standard InChI is InChI=1S/C13H24ClN3/c1-12(2)17-10-7-13(16-17)11-15-9-6-4-3-5-8-14/h7,10,12,15H,3-6,8-9,11H2,1-2H3. The maximum Gasteiger partial charge on any atom is 0.0762 e. The molecule has 0 saturated carbocycles. The van der Waals surface area contributed by atoms with Crippen molar-refractivity contribution in [2.75, 3.05) is 12.4 Å². The molecule has 0 amide bonds. The summed E-state index contributed by atoms with van der Waals surface area (Å²) >= 11 is 5.62. The SMILES string of the molecule is CC(C)n1ccc(CNCCCCCCCl)n1. The Bertz CT molecular complexity index is 297. The van der Waals surface area contributed by atoms with E-state index in [4.69, 9.17) is 11.6 Å². The lowest BCUT2D eigenvalue weighted by molar-refractivity contribution is 0.519. The zero-order chi connectivity index (χ0) is 12.5. The minimum Gasteiger partial charge on any atom is -0.311 e. The number of halogens is 1. The quantitative estimate of drug-likeness (QED) is 0.543. The number of aromatic nitrogens is 2. The van der Waals surface area contributed by atoms with Gasteiger partial charge in [0.25, 0.3) is 0 Å². The van der Waals surface area contributed by atoms with Crippen LogP contribution in [0.4, 0.5) is 0 Å². The molecule has 1 rings (SSSR count). The molecule has 0 aliphatic carbocycles. The summed E-state index contributed by atoms with van der Waals surface area (Å²) in [5.74, 6) is 0.792. The summed E-state index contributed by atoms with van der Waals surface area (Å²) in [5.41, 5.74) is 1.12. The average molecular weight is 258 g/mol. The van der Waals surface area contributed by atoms with Gasteiger partial charge in [0, 0.05) is 24.7 Å². The molecule has 1 aromatic rings. The largest absolute Gasteiger partial charge is 0.311 e. The van der Waals surface area contributed by atoms with Gasteiger partial charge >= 0.3 is 0 Å². The second-order valence-electron chi connectivity index (χ2n) is 4.66. The van der Waals surface area contributed by atoms with Crippen LogP contribution in [0.5, 0.6) is 0 Å². The second-order valence-corrected chi connectivity index (χ2v) is 5.04. The van der Waals surface area contributed by atoms with Crippen molar-refractivity contribution < 1.29 is 0 Å². The van der Waals surface area contributed by atoms with Crippen LogP contribution in [0.3, 0.4) is 0 Å². The first kappa shape index (κ1) is 14.5. The maximum atomic E-state index is 5.62. The fraction of sp³-hybridized carbons (Fsp3) is 0.769. The number of hydrogen-bond acceptors (Lipinski definition) is 2. The fourth-order valence-corrected chi connectivity index (χ4v) is 1.86. The summed E-state index contributed by atoms with van der Waals surface area (Å²) in [6.45, 7) is 6.22.